The highest BCUT2D eigenvalue weighted by Crippen LogP contribution is 2.20. The van der Waals surface area contributed by atoms with Crippen molar-refractivity contribution in [3.05, 3.63) is 29.6 Å². The molecule has 0 spiro atoms. The van der Waals surface area contributed by atoms with Crippen molar-refractivity contribution in [3.8, 4) is 0 Å². The van der Waals surface area contributed by atoms with Gasteiger partial charge >= 0.3 is 0 Å². The van der Waals surface area contributed by atoms with E-state index in [1.807, 2.05) is 12.4 Å². The molecule has 1 aromatic rings. The van der Waals surface area contributed by atoms with Crippen molar-refractivity contribution in [1.82, 2.24) is 20.5 Å². The van der Waals surface area contributed by atoms with E-state index in [4.69, 9.17) is 4.99 Å². The number of aliphatic imine (C=N–C) groups is 1. The second kappa shape index (κ2) is 11.7. The second-order valence-corrected chi connectivity index (χ2v) is 7.53. The first-order chi connectivity index (χ1) is 12.0. The summed E-state index contributed by atoms with van der Waals surface area (Å²) in [5, 5.41) is 6.84. The molecular formula is C20H36IN5. The SMILES string of the molecule is CCNC(=NCC(C)(C)N1CCCCC1)NCCc1ccncc1C.I. The van der Waals surface area contributed by atoms with E-state index in [0.29, 0.717) is 0 Å². The molecule has 0 radical (unpaired) electrons. The summed E-state index contributed by atoms with van der Waals surface area (Å²) in [7, 11) is 0. The first-order valence-electron chi connectivity index (χ1n) is 9.69. The zero-order valence-corrected chi connectivity index (χ0v) is 19.2. The van der Waals surface area contributed by atoms with Crippen molar-refractivity contribution in [2.24, 2.45) is 4.99 Å². The van der Waals surface area contributed by atoms with Crippen LogP contribution in [0.1, 0.15) is 51.2 Å². The molecule has 0 amide bonds. The summed E-state index contributed by atoms with van der Waals surface area (Å²) < 4.78 is 0. The molecule has 1 aromatic heterocycles. The third-order valence-corrected chi connectivity index (χ3v) is 5.00. The van der Waals surface area contributed by atoms with E-state index in [2.05, 4.69) is 54.3 Å². The van der Waals surface area contributed by atoms with Crippen molar-refractivity contribution in [1.29, 1.82) is 0 Å². The summed E-state index contributed by atoms with van der Waals surface area (Å²) in [4.78, 5) is 11.6. The molecule has 0 unspecified atom stereocenters. The lowest BCUT2D eigenvalue weighted by Crippen LogP contribution is -2.49. The molecule has 148 valence electrons. The fraction of sp³-hybridized carbons (Fsp3) is 0.700. The van der Waals surface area contributed by atoms with Crippen molar-refractivity contribution < 1.29 is 0 Å². The zero-order valence-electron chi connectivity index (χ0n) is 16.8. The monoisotopic (exact) mass is 473 g/mol. The van der Waals surface area contributed by atoms with Crippen LogP contribution in [0.15, 0.2) is 23.5 Å². The van der Waals surface area contributed by atoms with Crippen LogP contribution >= 0.6 is 24.0 Å². The summed E-state index contributed by atoms with van der Waals surface area (Å²) >= 11 is 0. The third kappa shape index (κ3) is 7.39. The summed E-state index contributed by atoms with van der Waals surface area (Å²) in [5.41, 5.74) is 2.70. The van der Waals surface area contributed by atoms with Crippen molar-refractivity contribution >= 4 is 29.9 Å². The molecule has 5 nitrogen and oxygen atoms in total. The van der Waals surface area contributed by atoms with Crippen LogP contribution in [0.3, 0.4) is 0 Å². The van der Waals surface area contributed by atoms with Gasteiger partial charge in [-0.1, -0.05) is 6.42 Å². The zero-order chi connectivity index (χ0) is 18.1. The van der Waals surface area contributed by atoms with Gasteiger partial charge in [0.2, 0.25) is 0 Å². The number of hydrogen-bond donors (Lipinski definition) is 2. The molecule has 0 bridgehead atoms. The van der Waals surface area contributed by atoms with E-state index < -0.39 is 0 Å². The molecule has 1 aliphatic heterocycles. The van der Waals surface area contributed by atoms with Gasteiger partial charge in [-0.05, 0) is 77.2 Å². The maximum Gasteiger partial charge on any atom is 0.191 e. The van der Waals surface area contributed by atoms with Crippen LogP contribution in [0.2, 0.25) is 0 Å². The molecule has 0 aliphatic carbocycles. The maximum atomic E-state index is 4.85. The fourth-order valence-corrected chi connectivity index (χ4v) is 3.31. The summed E-state index contributed by atoms with van der Waals surface area (Å²) in [5.74, 6) is 0.916. The predicted molar refractivity (Wildman–Crippen MR) is 122 cm³/mol. The van der Waals surface area contributed by atoms with Gasteiger partial charge in [-0.2, -0.15) is 0 Å². The highest BCUT2D eigenvalue weighted by Gasteiger charge is 2.27. The number of halogens is 1. The van der Waals surface area contributed by atoms with Gasteiger partial charge in [0.05, 0.1) is 6.54 Å². The Bertz CT molecular complexity index is 553. The highest BCUT2D eigenvalue weighted by molar-refractivity contribution is 14.0. The Hall–Kier alpha value is -0.890. The minimum absolute atomic E-state index is 0. The minimum Gasteiger partial charge on any atom is -0.357 e. The number of guanidine groups is 1. The molecule has 6 heteroatoms. The molecule has 2 rings (SSSR count). The number of pyridine rings is 1. The van der Waals surface area contributed by atoms with Gasteiger partial charge in [-0.25, -0.2) is 0 Å². The Morgan fingerprint density at radius 2 is 1.96 bits per heavy atom. The molecule has 0 aromatic carbocycles. The molecule has 0 atom stereocenters. The number of piperidine rings is 1. The first-order valence-corrected chi connectivity index (χ1v) is 9.69. The lowest BCUT2D eigenvalue weighted by molar-refractivity contribution is 0.102. The summed E-state index contributed by atoms with van der Waals surface area (Å²) in [6.45, 7) is 13.8. The van der Waals surface area contributed by atoms with Crippen molar-refractivity contribution in [2.75, 3.05) is 32.7 Å². The number of rotatable bonds is 7. The van der Waals surface area contributed by atoms with E-state index in [9.17, 15) is 0 Å². The van der Waals surface area contributed by atoms with Crippen LogP contribution in [0, 0.1) is 6.92 Å². The minimum atomic E-state index is 0. The van der Waals surface area contributed by atoms with Crippen LogP contribution in [-0.4, -0.2) is 54.1 Å². The van der Waals surface area contributed by atoms with E-state index in [1.54, 1.807) is 0 Å². The lowest BCUT2D eigenvalue weighted by Gasteiger charge is -2.40. The molecule has 1 aliphatic rings. The van der Waals surface area contributed by atoms with E-state index in [1.165, 1.54) is 43.5 Å². The smallest absolute Gasteiger partial charge is 0.191 e. The van der Waals surface area contributed by atoms with Gasteiger partial charge in [0.15, 0.2) is 5.96 Å². The average molecular weight is 473 g/mol. The molecule has 1 saturated heterocycles. The summed E-state index contributed by atoms with van der Waals surface area (Å²) in [6.07, 6.45) is 8.77. The number of nitrogens with one attached hydrogen (secondary N) is 2. The van der Waals surface area contributed by atoms with Gasteiger partial charge < -0.3 is 10.6 Å². The number of aromatic nitrogens is 1. The van der Waals surface area contributed by atoms with Crippen molar-refractivity contribution in [3.63, 3.8) is 0 Å². The van der Waals surface area contributed by atoms with Crippen LogP contribution in [0.5, 0.6) is 0 Å². The van der Waals surface area contributed by atoms with Gasteiger partial charge in [-0.3, -0.25) is 14.9 Å². The van der Waals surface area contributed by atoms with Gasteiger partial charge in [0.1, 0.15) is 0 Å². The largest absolute Gasteiger partial charge is 0.357 e. The Labute approximate surface area is 176 Å². The van der Waals surface area contributed by atoms with Crippen LogP contribution in [-0.2, 0) is 6.42 Å². The highest BCUT2D eigenvalue weighted by atomic mass is 127. The molecule has 26 heavy (non-hydrogen) atoms. The molecule has 2 heterocycles. The second-order valence-electron chi connectivity index (χ2n) is 7.53. The molecule has 2 N–H and O–H groups in total. The Kier molecular flexibility index (Phi) is 10.5. The Morgan fingerprint density at radius 3 is 2.62 bits per heavy atom. The standard InChI is InChI=1S/C20H35N5.HI/c1-5-22-19(23-12-10-18-9-11-21-15-17(18)2)24-16-20(3,4)25-13-7-6-8-14-25;/h9,11,15H,5-8,10,12-14,16H2,1-4H3,(H2,22,23,24);1H. The molecular weight excluding hydrogens is 437 g/mol. The maximum absolute atomic E-state index is 4.85. The van der Waals surface area contributed by atoms with E-state index >= 15 is 0 Å². The van der Waals surface area contributed by atoms with E-state index in [0.717, 1.165) is 32.0 Å². The topological polar surface area (TPSA) is 52.6 Å². The Balaban J connectivity index is 0.00000338. The Morgan fingerprint density at radius 1 is 1.23 bits per heavy atom. The van der Waals surface area contributed by atoms with Gasteiger partial charge in [-0.15, -0.1) is 24.0 Å². The first kappa shape index (κ1) is 23.1. The third-order valence-electron chi connectivity index (χ3n) is 5.00. The molecule has 0 saturated carbocycles. The number of aryl methyl sites for hydroxylation is 1. The van der Waals surface area contributed by atoms with Gasteiger partial charge in [0.25, 0.3) is 0 Å². The van der Waals surface area contributed by atoms with Crippen molar-refractivity contribution in [2.45, 2.75) is 58.9 Å². The molecule has 1 fully saturated rings. The van der Waals surface area contributed by atoms with E-state index in [-0.39, 0.29) is 29.5 Å². The van der Waals surface area contributed by atoms with Crippen LogP contribution < -0.4 is 10.6 Å². The fourth-order valence-electron chi connectivity index (χ4n) is 3.31. The number of likely N-dealkylation sites (tertiary alicyclic amines) is 1. The quantitative estimate of drug-likeness (QED) is 0.362. The predicted octanol–water partition coefficient (Wildman–Crippen LogP) is 3.37. The van der Waals surface area contributed by atoms with Crippen LogP contribution in [0.4, 0.5) is 0 Å². The summed E-state index contributed by atoms with van der Waals surface area (Å²) in [6, 6.07) is 2.10. The van der Waals surface area contributed by atoms with Crippen LogP contribution in [0.25, 0.3) is 0 Å². The average Bonchev–Trinajstić information content (AvgIpc) is 2.62. The lowest BCUT2D eigenvalue weighted by atomic mass is 9.99. The number of hydrogen-bond acceptors (Lipinski definition) is 3. The normalized spacial score (nSPS) is 16.1. The number of nitrogens with zero attached hydrogens (tertiary/aromatic N) is 3. The van der Waals surface area contributed by atoms with Gasteiger partial charge in [0, 0.05) is 31.0 Å².